The smallest absolute Gasteiger partial charge is 0.416 e. The quantitative estimate of drug-likeness (QED) is 0.191. The minimum absolute atomic E-state index is 0.0212. The molecule has 0 saturated carbocycles. The van der Waals surface area contributed by atoms with E-state index in [1.54, 1.807) is 36.4 Å². The van der Waals surface area contributed by atoms with E-state index in [1.165, 1.54) is 18.3 Å². The van der Waals surface area contributed by atoms with Gasteiger partial charge in [0.15, 0.2) is 0 Å². The van der Waals surface area contributed by atoms with Crippen molar-refractivity contribution in [3.05, 3.63) is 95.1 Å². The number of anilines is 1. The summed E-state index contributed by atoms with van der Waals surface area (Å²) in [5, 5.41) is 5.83. The number of hydrogen-bond acceptors (Lipinski definition) is 5. The number of halogens is 3. The van der Waals surface area contributed by atoms with E-state index in [2.05, 4.69) is 10.4 Å². The lowest BCUT2D eigenvalue weighted by Gasteiger charge is -2.08. The number of carbonyl (C=O) groups excluding carboxylic acids is 3. The summed E-state index contributed by atoms with van der Waals surface area (Å²) in [7, 11) is 0. The van der Waals surface area contributed by atoms with Gasteiger partial charge in [0.25, 0.3) is 0 Å². The van der Waals surface area contributed by atoms with Gasteiger partial charge in [0.05, 0.1) is 17.3 Å². The minimum Gasteiger partial charge on any atom is -0.423 e. The highest BCUT2D eigenvalue weighted by Gasteiger charge is 2.30. The van der Waals surface area contributed by atoms with E-state index < -0.39 is 29.5 Å². The third-order valence-corrected chi connectivity index (χ3v) is 4.43. The van der Waals surface area contributed by atoms with Crippen LogP contribution in [0.25, 0.3) is 0 Å². The molecule has 3 aromatic carbocycles. The minimum atomic E-state index is -4.50. The monoisotopic (exact) mass is 469 g/mol. The van der Waals surface area contributed by atoms with Crippen LogP contribution in [0.4, 0.5) is 18.9 Å². The Morgan fingerprint density at radius 3 is 2.06 bits per heavy atom. The summed E-state index contributed by atoms with van der Waals surface area (Å²) < 4.78 is 43.0. The first-order valence-corrected chi connectivity index (χ1v) is 9.82. The molecular formula is C24H18F3N3O4. The Hall–Kier alpha value is -4.47. The predicted octanol–water partition coefficient (Wildman–Crippen LogP) is 4.32. The molecular weight excluding hydrogens is 451 g/mol. The van der Waals surface area contributed by atoms with Crippen LogP contribution in [-0.2, 0) is 15.8 Å². The van der Waals surface area contributed by atoms with Crippen molar-refractivity contribution < 1.29 is 32.3 Å². The highest BCUT2D eigenvalue weighted by molar-refractivity contribution is 6.39. The molecule has 0 fully saturated rings. The van der Waals surface area contributed by atoms with E-state index in [1.807, 2.05) is 12.3 Å². The highest BCUT2D eigenvalue weighted by atomic mass is 19.4. The number of hydrogen-bond donors (Lipinski definition) is 2. The van der Waals surface area contributed by atoms with Crippen LogP contribution in [0.1, 0.15) is 27.0 Å². The Labute approximate surface area is 192 Å². The van der Waals surface area contributed by atoms with Gasteiger partial charge in [-0.2, -0.15) is 18.3 Å². The fourth-order valence-corrected chi connectivity index (χ4v) is 2.62. The number of hydrazone groups is 1. The van der Waals surface area contributed by atoms with Crippen molar-refractivity contribution in [1.82, 2.24) is 5.43 Å². The second-order valence-electron chi connectivity index (χ2n) is 7.05. The Morgan fingerprint density at radius 2 is 1.47 bits per heavy atom. The van der Waals surface area contributed by atoms with Crippen molar-refractivity contribution in [1.29, 1.82) is 0 Å². The van der Waals surface area contributed by atoms with Gasteiger partial charge >= 0.3 is 24.0 Å². The Balaban J connectivity index is 1.49. The topological polar surface area (TPSA) is 96.9 Å². The molecule has 3 rings (SSSR count). The average molecular weight is 469 g/mol. The van der Waals surface area contributed by atoms with E-state index in [0.717, 1.165) is 29.8 Å². The molecule has 7 nitrogen and oxygen atoms in total. The lowest BCUT2D eigenvalue weighted by Crippen LogP contribution is -2.32. The molecule has 0 bridgehead atoms. The Kier molecular flexibility index (Phi) is 7.42. The van der Waals surface area contributed by atoms with Crippen LogP contribution in [0.5, 0.6) is 5.75 Å². The van der Waals surface area contributed by atoms with Gasteiger partial charge < -0.3 is 10.1 Å². The van der Waals surface area contributed by atoms with Crippen LogP contribution in [0, 0.1) is 6.92 Å². The van der Waals surface area contributed by atoms with Crippen molar-refractivity contribution in [2.75, 3.05) is 5.32 Å². The fourth-order valence-electron chi connectivity index (χ4n) is 2.62. The Bertz CT molecular complexity index is 1200. The standard InChI is InChI=1S/C24H18F3N3O4/c1-15-2-6-17(7-3-15)23(33)34-20-12-4-16(5-13-20)14-28-30-22(32)21(31)29-19-10-8-18(9-11-19)24(25,26)27/h2-14H,1H3,(H,29,31)(H,30,32)/b28-14+. The van der Waals surface area contributed by atoms with Gasteiger partial charge in [0, 0.05) is 5.69 Å². The van der Waals surface area contributed by atoms with Gasteiger partial charge in [-0.15, -0.1) is 0 Å². The molecule has 10 heteroatoms. The molecule has 0 atom stereocenters. The van der Waals surface area contributed by atoms with Gasteiger partial charge in [-0.1, -0.05) is 17.7 Å². The molecule has 174 valence electrons. The first-order chi connectivity index (χ1) is 16.1. The molecule has 2 amide bonds. The lowest BCUT2D eigenvalue weighted by atomic mass is 10.1. The number of nitrogens with one attached hydrogen (secondary N) is 2. The molecule has 0 saturated heterocycles. The number of aryl methyl sites for hydroxylation is 1. The molecule has 0 heterocycles. The average Bonchev–Trinajstić information content (AvgIpc) is 2.80. The second kappa shape index (κ2) is 10.4. The number of rotatable bonds is 5. The first kappa shape index (κ1) is 24.2. The van der Waals surface area contributed by atoms with Crippen molar-refractivity contribution in [2.24, 2.45) is 5.10 Å². The number of nitrogens with zero attached hydrogens (tertiary/aromatic N) is 1. The molecule has 2 N–H and O–H groups in total. The zero-order chi connectivity index (χ0) is 24.7. The van der Waals surface area contributed by atoms with Crippen LogP contribution in [0.2, 0.25) is 0 Å². The summed E-state index contributed by atoms with van der Waals surface area (Å²) in [5.41, 5.74) is 3.12. The first-order valence-electron chi connectivity index (χ1n) is 9.82. The molecule has 0 aromatic heterocycles. The molecule has 34 heavy (non-hydrogen) atoms. The van der Waals surface area contributed by atoms with Crippen molar-refractivity contribution in [2.45, 2.75) is 13.1 Å². The molecule has 0 spiro atoms. The largest absolute Gasteiger partial charge is 0.423 e. The lowest BCUT2D eigenvalue weighted by molar-refractivity contribution is -0.137. The summed E-state index contributed by atoms with van der Waals surface area (Å²) in [6, 6.07) is 16.8. The summed E-state index contributed by atoms with van der Waals surface area (Å²) in [4.78, 5) is 35.8. The number of ether oxygens (including phenoxy) is 1. The number of carbonyl (C=O) groups is 3. The van der Waals surface area contributed by atoms with Gasteiger partial charge in [0.1, 0.15) is 5.75 Å². The van der Waals surface area contributed by atoms with E-state index in [9.17, 15) is 27.6 Å². The van der Waals surface area contributed by atoms with Crippen LogP contribution in [-0.4, -0.2) is 24.0 Å². The number of amides is 2. The number of benzene rings is 3. The van der Waals surface area contributed by atoms with Crippen LogP contribution in [0.3, 0.4) is 0 Å². The van der Waals surface area contributed by atoms with Gasteiger partial charge in [0.2, 0.25) is 0 Å². The van der Waals surface area contributed by atoms with E-state index in [-0.39, 0.29) is 5.69 Å². The summed E-state index contributed by atoms with van der Waals surface area (Å²) >= 11 is 0. The Morgan fingerprint density at radius 1 is 0.853 bits per heavy atom. The van der Waals surface area contributed by atoms with E-state index >= 15 is 0 Å². The number of alkyl halides is 3. The maximum Gasteiger partial charge on any atom is 0.416 e. The molecule has 3 aromatic rings. The SMILES string of the molecule is Cc1ccc(C(=O)Oc2ccc(/C=N/NC(=O)C(=O)Nc3ccc(C(F)(F)F)cc3)cc2)cc1. The number of esters is 1. The van der Waals surface area contributed by atoms with E-state index in [4.69, 9.17) is 4.74 Å². The maximum absolute atomic E-state index is 12.6. The maximum atomic E-state index is 12.6. The molecule has 0 aliphatic heterocycles. The van der Waals surface area contributed by atoms with Gasteiger partial charge in [-0.3, -0.25) is 9.59 Å². The normalized spacial score (nSPS) is 11.2. The molecule has 0 aliphatic rings. The molecule has 0 aliphatic carbocycles. The van der Waals surface area contributed by atoms with E-state index in [0.29, 0.717) is 16.9 Å². The summed E-state index contributed by atoms with van der Waals surface area (Å²) in [6.45, 7) is 1.91. The van der Waals surface area contributed by atoms with Crippen LogP contribution >= 0.6 is 0 Å². The van der Waals surface area contributed by atoms with Crippen molar-refractivity contribution in [3.8, 4) is 5.75 Å². The van der Waals surface area contributed by atoms with Crippen molar-refractivity contribution >= 4 is 29.7 Å². The third kappa shape index (κ3) is 6.76. The third-order valence-electron chi connectivity index (χ3n) is 4.43. The molecule has 0 radical (unpaired) electrons. The highest BCUT2D eigenvalue weighted by Crippen LogP contribution is 2.29. The summed E-state index contributed by atoms with van der Waals surface area (Å²) in [6.07, 6.45) is -3.25. The van der Waals surface area contributed by atoms with Gasteiger partial charge in [-0.25, -0.2) is 10.2 Å². The van der Waals surface area contributed by atoms with Crippen LogP contribution in [0.15, 0.2) is 77.9 Å². The predicted molar refractivity (Wildman–Crippen MR) is 118 cm³/mol. The van der Waals surface area contributed by atoms with Gasteiger partial charge in [-0.05, 0) is 73.2 Å². The second-order valence-corrected chi connectivity index (χ2v) is 7.05. The summed E-state index contributed by atoms with van der Waals surface area (Å²) in [5.74, 6) is -2.41. The van der Waals surface area contributed by atoms with Crippen molar-refractivity contribution in [3.63, 3.8) is 0 Å². The zero-order valence-electron chi connectivity index (χ0n) is 17.7. The van der Waals surface area contributed by atoms with Crippen LogP contribution < -0.4 is 15.5 Å². The fraction of sp³-hybridized carbons (Fsp3) is 0.0833. The molecule has 0 unspecified atom stereocenters. The zero-order valence-corrected chi connectivity index (χ0v) is 17.7.